The molecule has 0 aromatic carbocycles. The van der Waals surface area contributed by atoms with Crippen molar-refractivity contribution in [2.75, 3.05) is 0 Å². The summed E-state index contributed by atoms with van der Waals surface area (Å²) in [7, 11) is 0. The molecule has 17 heavy (non-hydrogen) atoms. The van der Waals surface area contributed by atoms with Gasteiger partial charge in [-0.2, -0.15) is 0 Å². The number of hydrogen-bond acceptors (Lipinski definition) is 2. The molecule has 0 saturated carbocycles. The number of carbonyl (C=O) groups excluding carboxylic acids is 1. The Balaban J connectivity index is 2.59. The molecule has 0 atom stereocenters. The first-order chi connectivity index (χ1) is 8.19. The van der Waals surface area contributed by atoms with Crippen LogP contribution in [0.5, 0.6) is 0 Å². The van der Waals surface area contributed by atoms with Gasteiger partial charge >= 0.3 is 0 Å². The van der Waals surface area contributed by atoms with Crippen LogP contribution in [-0.4, -0.2) is 10.5 Å². The van der Waals surface area contributed by atoms with E-state index in [4.69, 9.17) is 0 Å². The largest absolute Gasteiger partial charge is 0.550 e. The lowest BCUT2D eigenvalue weighted by molar-refractivity contribution is -0.704. The van der Waals surface area contributed by atoms with Crippen molar-refractivity contribution in [1.82, 2.24) is 4.57 Å². The zero-order valence-electron chi connectivity index (χ0n) is 10.8. The maximum Gasteiger partial charge on any atom is 0.256 e. The van der Waals surface area contributed by atoms with Crippen molar-refractivity contribution >= 4 is 5.97 Å². The van der Waals surface area contributed by atoms with Crippen molar-refractivity contribution in [2.45, 2.75) is 59.0 Å². The fourth-order valence-electron chi connectivity index (χ4n) is 2.03. The minimum absolute atomic E-state index is 0.135. The quantitative estimate of drug-likeness (QED) is 0.625. The number of carbonyl (C=O) groups is 1. The second-order valence-corrected chi connectivity index (χ2v) is 4.28. The molecule has 0 aliphatic heterocycles. The molecule has 0 bridgehead atoms. The summed E-state index contributed by atoms with van der Waals surface area (Å²) in [4.78, 5) is 10.4. The van der Waals surface area contributed by atoms with Crippen molar-refractivity contribution in [1.29, 1.82) is 0 Å². The van der Waals surface area contributed by atoms with Crippen LogP contribution in [0, 0.1) is 0 Å². The van der Waals surface area contributed by atoms with Gasteiger partial charge in [-0.3, -0.25) is 0 Å². The predicted molar refractivity (Wildman–Crippen MR) is 63.2 cm³/mol. The summed E-state index contributed by atoms with van der Waals surface area (Å²) in [6.07, 6.45) is 8.25. The zero-order valence-corrected chi connectivity index (χ0v) is 10.8. The number of aryl methyl sites for hydroxylation is 2. The van der Waals surface area contributed by atoms with Crippen LogP contribution >= 0.6 is 0 Å². The van der Waals surface area contributed by atoms with E-state index in [1.807, 2.05) is 6.20 Å². The van der Waals surface area contributed by atoms with E-state index in [0.717, 1.165) is 19.5 Å². The number of imidazole rings is 1. The van der Waals surface area contributed by atoms with E-state index < -0.39 is 5.97 Å². The van der Waals surface area contributed by atoms with Gasteiger partial charge in [-0.1, -0.05) is 20.3 Å². The Labute approximate surface area is 103 Å². The summed E-state index contributed by atoms with van der Waals surface area (Å²) in [5.41, 5.74) is 0. The molecular formula is C13H22N2O2. The molecule has 1 aromatic rings. The SMILES string of the molecule is CCCCn1cc[n+](CCCC(=O)[O-])c1CC. The lowest BCUT2D eigenvalue weighted by Gasteiger charge is -2.03. The second kappa shape index (κ2) is 7.09. The number of hydrogen-bond donors (Lipinski definition) is 0. The maximum absolute atomic E-state index is 10.4. The van der Waals surface area contributed by atoms with Gasteiger partial charge in [0.15, 0.2) is 0 Å². The summed E-state index contributed by atoms with van der Waals surface area (Å²) in [5, 5.41) is 10.4. The summed E-state index contributed by atoms with van der Waals surface area (Å²) in [6.45, 7) is 6.12. The third-order valence-electron chi connectivity index (χ3n) is 2.94. The molecule has 0 amide bonds. The number of rotatable bonds is 8. The Morgan fingerprint density at radius 1 is 1.41 bits per heavy atom. The van der Waals surface area contributed by atoms with Crippen LogP contribution in [-0.2, 0) is 24.3 Å². The first-order valence-corrected chi connectivity index (χ1v) is 6.46. The highest BCUT2D eigenvalue weighted by Gasteiger charge is 2.13. The molecule has 1 rings (SSSR count). The van der Waals surface area contributed by atoms with Crippen LogP contribution in [0.3, 0.4) is 0 Å². The number of nitrogens with zero attached hydrogens (tertiary/aromatic N) is 2. The number of unbranched alkanes of at least 4 members (excludes halogenated alkanes) is 1. The predicted octanol–water partition coefficient (Wildman–Crippen LogP) is 0.668. The van der Waals surface area contributed by atoms with E-state index >= 15 is 0 Å². The van der Waals surface area contributed by atoms with Crippen LogP contribution in [0.2, 0.25) is 0 Å². The van der Waals surface area contributed by atoms with E-state index in [-0.39, 0.29) is 6.42 Å². The molecule has 1 aromatic heterocycles. The van der Waals surface area contributed by atoms with Gasteiger partial charge in [-0.25, -0.2) is 9.13 Å². The molecule has 1 heterocycles. The number of carboxylic acid groups (broad SMARTS) is 1. The molecule has 0 saturated heterocycles. The minimum atomic E-state index is -0.964. The Hall–Kier alpha value is -1.32. The Bertz CT molecular complexity index is 358. The smallest absolute Gasteiger partial charge is 0.256 e. The topological polar surface area (TPSA) is 48.9 Å². The zero-order chi connectivity index (χ0) is 12.7. The summed E-state index contributed by atoms with van der Waals surface area (Å²) in [6, 6.07) is 0. The summed E-state index contributed by atoms with van der Waals surface area (Å²) >= 11 is 0. The standard InChI is InChI=1S/C13H22N2O2/c1-3-5-8-14-10-11-15(12(14)4-2)9-6-7-13(16)17/h10-11H,3-9H2,1-2H3. The molecule has 4 heteroatoms. The van der Waals surface area contributed by atoms with Crippen LogP contribution in [0.15, 0.2) is 12.4 Å². The molecule has 96 valence electrons. The molecule has 0 fully saturated rings. The van der Waals surface area contributed by atoms with Crippen LogP contribution in [0.25, 0.3) is 0 Å². The Morgan fingerprint density at radius 2 is 2.18 bits per heavy atom. The van der Waals surface area contributed by atoms with Crippen molar-refractivity contribution in [3.05, 3.63) is 18.2 Å². The molecule has 0 unspecified atom stereocenters. The first-order valence-electron chi connectivity index (χ1n) is 6.46. The monoisotopic (exact) mass is 238 g/mol. The van der Waals surface area contributed by atoms with Gasteiger partial charge in [0.1, 0.15) is 12.4 Å². The van der Waals surface area contributed by atoms with E-state index in [0.29, 0.717) is 6.42 Å². The lowest BCUT2D eigenvalue weighted by Crippen LogP contribution is -2.37. The highest BCUT2D eigenvalue weighted by molar-refractivity contribution is 5.63. The van der Waals surface area contributed by atoms with Crippen molar-refractivity contribution < 1.29 is 14.5 Å². The van der Waals surface area contributed by atoms with Crippen LogP contribution < -0.4 is 9.67 Å². The van der Waals surface area contributed by atoms with E-state index in [9.17, 15) is 9.90 Å². The maximum atomic E-state index is 10.4. The molecule has 0 aliphatic carbocycles. The first kappa shape index (κ1) is 13.7. The molecule has 0 spiro atoms. The highest BCUT2D eigenvalue weighted by atomic mass is 16.4. The van der Waals surface area contributed by atoms with Crippen molar-refractivity contribution in [2.24, 2.45) is 0 Å². The number of aromatic nitrogens is 2. The van der Waals surface area contributed by atoms with E-state index in [2.05, 4.69) is 29.2 Å². The normalized spacial score (nSPS) is 10.7. The third kappa shape index (κ3) is 4.21. The van der Waals surface area contributed by atoms with Gasteiger partial charge in [-0.15, -0.1) is 0 Å². The van der Waals surface area contributed by atoms with Crippen molar-refractivity contribution in [3.63, 3.8) is 0 Å². The summed E-state index contributed by atoms with van der Waals surface area (Å²) in [5.74, 6) is 0.311. The van der Waals surface area contributed by atoms with Gasteiger partial charge in [0.05, 0.1) is 13.1 Å². The minimum Gasteiger partial charge on any atom is -0.550 e. The van der Waals surface area contributed by atoms with E-state index in [1.54, 1.807) is 0 Å². The van der Waals surface area contributed by atoms with Gasteiger partial charge in [0.25, 0.3) is 5.82 Å². The average Bonchev–Trinajstić information content (AvgIpc) is 2.68. The van der Waals surface area contributed by atoms with Gasteiger partial charge in [-0.05, 0) is 19.3 Å². The fourth-order valence-corrected chi connectivity index (χ4v) is 2.03. The Kier molecular flexibility index (Phi) is 5.73. The second-order valence-electron chi connectivity index (χ2n) is 4.28. The number of aliphatic carboxylic acids is 1. The fraction of sp³-hybridized carbons (Fsp3) is 0.692. The van der Waals surface area contributed by atoms with Gasteiger partial charge in [0.2, 0.25) is 0 Å². The Morgan fingerprint density at radius 3 is 2.76 bits per heavy atom. The molecule has 0 aliphatic rings. The van der Waals surface area contributed by atoms with Gasteiger partial charge < -0.3 is 9.90 Å². The van der Waals surface area contributed by atoms with Gasteiger partial charge in [0, 0.05) is 12.4 Å². The average molecular weight is 238 g/mol. The van der Waals surface area contributed by atoms with Crippen LogP contribution in [0.4, 0.5) is 0 Å². The third-order valence-corrected chi connectivity index (χ3v) is 2.94. The molecule has 4 nitrogen and oxygen atoms in total. The molecule has 0 radical (unpaired) electrons. The van der Waals surface area contributed by atoms with Crippen molar-refractivity contribution in [3.8, 4) is 0 Å². The summed E-state index contributed by atoms with van der Waals surface area (Å²) < 4.78 is 4.42. The molecule has 0 N–H and O–H groups in total. The van der Waals surface area contributed by atoms with E-state index in [1.165, 1.54) is 18.7 Å². The van der Waals surface area contributed by atoms with Crippen LogP contribution in [0.1, 0.15) is 45.4 Å². The highest BCUT2D eigenvalue weighted by Crippen LogP contribution is 2.01. The lowest BCUT2D eigenvalue weighted by atomic mass is 10.3. The number of carboxylic acids is 1. The molecular weight excluding hydrogens is 216 g/mol.